The second kappa shape index (κ2) is 7.06. The molecule has 0 saturated heterocycles. The average Bonchev–Trinajstić information content (AvgIpc) is 2.47. The molecule has 0 unspecified atom stereocenters. The van der Waals surface area contributed by atoms with Gasteiger partial charge in [0.2, 0.25) is 0 Å². The average molecular weight is 265 g/mol. The Balaban J connectivity index is 2.12. The van der Waals surface area contributed by atoms with E-state index in [9.17, 15) is 0 Å². The van der Waals surface area contributed by atoms with Gasteiger partial charge in [0.15, 0.2) is 0 Å². The zero-order valence-corrected chi connectivity index (χ0v) is 12.4. The zero-order valence-electron chi connectivity index (χ0n) is 12.4. The fourth-order valence-electron chi connectivity index (χ4n) is 2.22. The van der Waals surface area contributed by atoms with Crippen molar-refractivity contribution in [3.63, 3.8) is 0 Å². The Morgan fingerprint density at radius 2 is 1.65 bits per heavy atom. The van der Waals surface area contributed by atoms with Gasteiger partial charge in [-0.05, 0) is 61.1 Å². The van der Waals surface area contributed by atoms with E-state index >= 15 is 0 Å². The molecule has 20 heavy (non-hydrogen) atoms. The van der Waals surface area contributed by atoms with Crippen LogP contribution in [0.3, 0.4) is 0 Å². The van der Waals surface area contributed by atoms with Gasteiger partial charge in [0, 0.05) is 0 Å². The minimum Gasteiger partial charge on any atom is -0.330 e. The summed E-state index contributed by atoms with van der Waals surface area (Å²) >= 11 is 0. The summed E-state index contributed by atoms with van der Waals surface area (Å²) in [7, 11) is 0. The summed E-state index contributed by atoms with van der Waals surface area (Å²) in [5.74, 6) is 0. The summed E-state index contributed by atoms with van der Waals surface area (Å²) < 4.78 is 0. The van der Waals surface area contributed by atoms with Gasteiger partial charge in [-0.25, -0.2) is 0 Å². The van der Waals surface area contributed by atoms with Crippen LogP contribution in [-0.4, -0.2) is 6.54 Å². The molecule has 0 aliphatic heterocycles. The number of hydrogen-bond donors (Lipinski definition) is 1. The zero-order chi connectivity index (χ0) is 14.4. The van der Waals surface area contributed by atoms with Crippen molar-refractivity contribution in [3.8, 4) is 0 Å². The monoisotopic (exact) mass is 265 g/mol. The molecule has 0 heterocycles. The first-order valence-electron chi connectivity index (χ1n) is 7.23. The highest BCUT2D eigenvalue weighted by Gasteiger charge is 1.95. The molecule has 1 nitrogen and oxygen atoms in total. The highest BCUT2D eigenvalue weighted by Crippen LogP contribution is 2.14. The van der Waals surface area contributed by atoms with Crippen molar-refractivity contribution in [2.45, 2.75) is 26.7 Å². The van der Waals surface area contributed by atoms with E-state index in [2.05, 4.69) is 68.5 Å². The molecule has 1 heteroatoms. The maximum atomic E-state index is 5.56. The van der Waals surface area contributed by atoms with Crippen molar-refractivity contribution < 1.29 is 0 Å². The van der Waals surface area contributed by atoms with E-state index in [0.717, 1.165) is 19.4 Å². The Labute approximate surface area is 122 Å². The van der Waals surface area contributed by atoms with Crippen molar-refractivity contribution in [2.75, 3.05) is 6.54 Å². The lowest BCUT2D eigenvalue weighted by Crippen LogP contribution is -2.00. The Morgan fingerprint density at radius 3 is 2.35 bits per heavy atom. The maximum Gasteiger partial charge on any atom is -0.00741 e. The maximum absolute atomic E-state index is 5.56. The lowest BCUT2D eigenvalue weighted by molar-refractivity contribution is 0.832. The van der Waals surface area contributed by atoms with Crippen LogP contribution in [0.4, 0.5) is 0 Å². The highest BCUT2D eigenvalue weighted by molar-refractivity contribution is 5.70. The van der Waals surface area contributed by atoms with Crippen LogP contribution in [0.5, 0.6) is 0 Å². The molecule has 2 N–H and O–H groups in total. The molecule has 0 aromatic heterocycles. The number of rotatable bonds is 5. The van der Waals surface area contributed by atoms with E-state index in [0.29, 0.717) is 0 Å². The van der Waals surface area contributed by atoms with Gasteiger partial charge in [0.05, 0.1) is 0 Å². The van der Waals surface area contributed by atoms with Crippen LogP contribution in [0.15, 0.2) is 42.5 Å². The van der Waals surface area contributed by atoms with Crippen LogP contribution in [0.1, 0.15) is 34.2 Å². The molecule has 104 valence electrons. The fraction of sp³-hybridized carbons (Fsp3) is 0.263. The van der Waals surface area contributed by atoms with Crippen molar-refractivity contribution in [2.24, 2.45) is 5.73 Å². The van der Waals surface area contributed by atoms with E-state index in [1.807, 2.05) is 0 Å². The van der Waals surface area contributed by atoms with Crippen LogP contribution in [0.25, 0.3) is 12.2 Å². The topological polar surface area (TPSA) is 26.0 Å². The summed E-state index contributed by atoms with van der Waals surface area (Å²) in [5.41, 5.74) is 12.1. The highest BCUT2D eigenvalue weighted by atomic mass is 14.5. The van der Waals surface area contributed by atoms with Gasteiger partial charge >= 0.3 is 0 Å². The van der Waals surface area contributed by atoms with E-state index in [1.54, 1.807) is 0 Å². The van der Waals surface area contributed by atoms with Crippen LogP contribution in [0.2, 0.25) is 0 Å². The van der Waals surface area contributed by atoms with E-state index < -0.39 is 0 Å². The molecule has 0 aliphatic rings. The Kier molecular flexibility index (Phi) is 5.14. The second-order valence-electron chi connectivity index (χ2n) is 5.31. The molecular weight excluding hydrogens is 242 g/mol. The van der Waals surface area contributed by atoms with Crippen molar-refractivity contribution in [1.82, 2.24) is 0 Å². The van der Waals surface area contributed by atoms with Crippen molar-refractivity contribution in [1.29, 1.82) is 0 Å². The van der Waals surface area contributed by atoms with Crippen LogP contribution < -0.4 is 5.73 Å². The normalized spacial score (nSPS) is 11.2. The standard InChI is InChI=1S/C19H23N/c1-15-8-9-19(13-16(15)2)11-10-18-6-3-5-17(14-18)7-4-12-20/h3,5-6,8-11,13-14H,4,7,12,20H2,1-2H3. The van der Waals surface area contributed by atoms with Gasteiger partial charge in [-0.1, -0.05) is 54.6 Å². The quantitative estimate of drug-likeness (QED) is 0.798. The fourth-order valence-corrected chi connectivity index (χ4v) is 2.22. The van der Waals surface area contributed by atoms with Crippen LogP contribution in [0, 0.1) is 13.8 Å². The lowest BCUT2D eigenvalue weighted by atomic mass is 10.0. The summed E-state index contributed by atoms with van der Waals surface area (Å²) in [5, 5.41) is 0. The smallest absolute Gasteiger partial charge is 0.00741 e. The summed E-state index contributed by atoms with van der Waals surface area (Å²) in [6.07, 6.45) is 6.46. The second-order valence-corrected chi connectivity index (χ2v) is 5.31. The van der Waals surface area contributed by atoms with Crippen LogP contribution >= 0.6 is 0 Å². The summed E-state index contributed by atoms with van der Waals surface area (Å²) in [6, 6.07) is 15.2. The Morgan fingerprint density at radius 1 is 0.900 bits per heavy atom. The van der Waals surface area contributed by atoms with Gasteiger partial charge in [-0.2, -0.15) is 0 Å². The van der Waals surface area contributed by atoms with Gasteiger partial charge < -0.3 is 5.73 Å². The molecule has 0 aliphatic carbocycles. The first-order chi connectivity index (χ1) is 9.69. The minimum absolute atomic E-state index is 0.753. The molecule has 0 saturated carbocycles. The minimum atomic E-state index is 0.753. The third-order valence-corrected chi connectivity index (χ3v) is 3.62. The molecule has 2 aromatic carbocycles. The molecule has 0 bridgehead atoms. The largest absolute Gasteiger partial charge is 0.330 e. The van der Waals surface area contributed by atoms with Gasteiger partial charge in [0.1, 0.15) is 0 Å². The molecule has 0 amide bonds. The van der Waals surface area contributed by atoms with Crippen molar-refractivity contribution in [3.05, 3.63) is 70.3 Å². The van der Waals surface area contributed by atoms with Gasteiger partial charge in [-0.15, -0.1) is 0 Å². The molecular formula is C19H23N. The SMILES string of the molecule is Cc1ccc(C=Cc2cccc(CCCN)c2)cc1C. The van der Waals surface area contributed by atoms with E-state index in [1.165, 1.54) is 27.8 Å². The third kappa shape index (κ3) is 4.07. The third-order valence-electron chi connectivity index (χ3n) is 3.62. The first kappa shape index (κ1) is 14.5. The molecule has 2 rings (SSSR count). The molecule has 0 fully saturated rings. The van der Waals surface area contributed by atoms with E-state index in [-0.39, 0.29) is 0 Å². The number of hydrogen-bond acceptors (Lipinski definition) is 1. The Bertz CT molecular complexity index is 596. The van der Waals surface area contributed by atoms with E-state index in [4.69, 9.17) is 5.73 Å². The predicted molar refractivity (Wildman–Crippen MR) is 88.7 cm³/mol. The number of nitrogens with two attached hydrogens (primary N) is 1. The van der Waals surface area contributed by atoms with Gasteiger partial charge in [0.25, 0.3) is 0 Å². The number of aryl methyl sites for hydroxylation is 3. The first-order valence-corrected chi connectivity index (χ1v) is 7.23. The van der Waals surface area contributed by atoms with Gasteiger partial charge in [-0.3, -0.25) is 0 Å². The molecule has 2 aromatic rings. The molecule has 0 atom stereocenters. The van der Waals surface area contributed by atoms with Crippen LogP contribution in [-0.2, 0) is 6.42 Å². The molecule has 0 spiro atoms. The van der Waals surface area contributed by atoms with Crippen molar-refractivity contribution >= 4 is 12.2 Å². The summed E-state index contributed by atoms with van der Waals surface area (Å²) in [4.78, 5) is 0. The predicted octanol–water partition coefficient (Wildman–Crippen LogP) is 4.37. The Hall–Kier alpha value is -1.86. The number of benzene rings is 2. The lowest BCUT2D eigenvalue weighted by Gasteiger charge is -2.03. The summed E-state index contributed by atoms with van der Waals surface area (Å²) in [6.45, 7) is 5.05. The molecule has 0 radical (unpaired) electrons.